The Morgan fingerprint density at radius 3 is 2.90 bits per heavy atom. The third-order valence-corrected chi connectivity index (χ3v) is 3.94. The van der Waals surface area contributed by atoms with Gasteiger partial charge in [0.15, 0.2) is 0 Å². The van der Waals surface area contributed by atoms with Crippen molar-refractivity contribution in [2.75, 3.05) is 11.4 Å². The van der Waals surface area contributed by atoms with E-state index in [1.165, 1.54) is 0 Å². The molecule has 2 aromatic rings. The van der Waals surface area contributed by atoms with E-state index in [9.17, 15) is 9.59 Å². The summed E-state index contributed by atoms with van der Waals surface area (Å²) < 4.78 is 0. The number of carbonyl (C=O) groups is 2. The van der Waals surface area contributed by atoms with Crippen LogP contribution in [0.25, 0.3) is 11.0 Å². The van der Waals surface area contributed by atoms with Gasteiger partial charge < -0.3 is 15.0 Å². The second-order valence-corrected chi connectivity index (χ2v) is 5.21. The van der Waals surface area contributed by atoms with E-state index < -0.39 is 11.9 Å². The number of benzene rings is 1. The lowest BCUT2D eigenvalue weighted by atomic mass is 10.1. The molecule has 104 valence electrons. The minimum absolute atomic E-state index is 0.0502. The van der Waals surface area contributed by atoms with Crippen LogP contribution in [0.15, 0.2) is 12.4 Å². The lowest BCUT2D eigenvalue weighted by molar-refractivity contribution is -0.141. The number of rotatable bonds is 2. The molecule has 1 saturated heterocycles. The van der Waals surface area contributed by atoms with E-state index in [-0.39, 0.29) is 18.9 Å². The molecule has 1 aliphatic heterocycles. The van der Waals surface area contributed by atoms with E-state index in [1.807, 2.05) is 19.9 Å². The van der Waals surface area contributed by atoms with Crippen LogP contribution in [0.3, 0.4) is 0 Å². The maximum absolute atomic E-state index is 12.1. The van der Waals surface area contributed by atoms with Crippen molar-refractivity contribution in [3.8, 4) is 0 Å². The smallest absolute Gasteiger partial charge is 0.308 e. The fourth-order valence-corrected chi connectivity index (χ4v) is 2.71. The number of hydrogen-bond acceptors (Lipinski definition) is 3. The van der Waals surface area contributed by atoms with E-state index in [2.05, 4.69) is 9.97 Å². The van der Waals surface area contributed by atoms with Crippen LogP contribution in [0.1, 0.15) is 17.5 Å². The van der Waals surface area contributed by atoms with E-state index in [0.29, 0.717) is 5.52 Å². The van der Waals surface area contributed by atoms with Crippen LogP contribution in [0.4, 0.5) is 5.69 Å². The summed E-state index contributed by atoms with van der Waals surface area (Å²) in [6.45, 7) is 4.11. The van der Waals surface area contributed by atoms with Crippen LogP contribution in [0.2, 0.25) is 0 Å². The number of aryl methyl sites for hydroxylation is 1. The molecule has 1 aromatic heterocycles. The SMILES string of the molecule is Cc1cc2[nH]cnc2c(N2C[C@H](C(=O)O)CC2=O)c1C. The van der Waals surface area contributed by atoms with Gasteiger partial charge in [-0.05, 0) is 31.0 Å². The third kappa shape index (κ3) is 1.76. The molecule has 1 aliphatic rings. The molecule has 1 amide bonds. The summed E-state index contributed by atoms with van der Waals surface area (Å²) in [5.74, 6) is -1.73. The fraction of sp³-hybridized carbons (Fsp3) is 0.357. The van der Waals surface area contributed by atoms with Crippen molar-refractivity contribution < 1.29 is 14.7 Å². The van der Waals surface area contributed by atoms with Crippen molar-refractivity contribution >= 4 is 28.6 Å². The topological polar surface area (TPSA) is 86.3 Å². The Bertz CT molecular complexity index is 720. The number of aliphatic carboxylic acids is 1. The van der Waals surface area contributed by atoms with Gasteiger partial charge in [0, 0.05) is 13.0 Å². The number of nitrogens with zero attached hydrogens (tertiary/aromatic N) is 2. The lowest BCUT2D eigenvalue weighted by Crippen LogP contribution is -2.27. The summed E-state index contributed by atoms with van der Waals surface area (Å²) in [6, 6.07) is 1.98. The number of H-pyrrole nitrogens is 1. The second-order valence-electron chi connectivity index (χ2n) is 5.21. The number of fused-ring (bicyclic) bond motifs is 1. The highest BCUT2D eigenvalue weighted by molar-refractivity contribution is 6.06. The number of aromatic nitrogens is 2. The summed E-state index contributed by atoms with van der Waals surface area (Å²) in [6.07, 6.45) is 1.64. The van der Waals surface area contributed by atoms with Crippen LogP contribution in [0, 0.1) is 19.8 Å². The molecule has 6 nitrogen and oxygen atoms in total. The number of carboxylic acid groups (broad SMARTS) is 1. The highest BCUT2D eigenvalue weighted by Crippen LogP contribution is 2.35. The molecular formula is C14H15N3O3. The van der Waals surface area contributed by atoms with Crippen molar-refractivity contribution in [2.45, 2.75) is 20.3 Å². The summed E-state index contributed by atoms with van der Waals surface area (Å²) in [5, 5.41) is 9.09. The maximum atomic E-state index is 12.1. The van der Waals surface area contributed by atoms with Gasteiger partial charge in [0.25, 0.3) is 0 Å². The molecule has 0 saturated carbocycles. The summed E-state index contributed by atoms with van der Waals surface area (Å²) in [7, 11) is 0. The molecule has 0 spiro atoms. The minimum Gasteiger partial charge on any atom is -0.481 e. The molecule has 2 heterocycles. The largest absolute Gasteiger partial charge is 0.481 e. The molecule has 6 heteroatoms. The van der Waals surface area contributed by atoms with Gasteiger partial charge in [0.2, 0.25) is 5.91 Å². The number of anilines is 1. The number of amides is 1. The number of aromatic amines is 1. The van der Waals surface area contributed by atoms with Crippen molar-refractivity contribution in [2.24, 2.45) is 5.92 Å². The Morgan fingerprint density at radius 1 is 1.50 bits per heavy atom. The number of carbonyl (C=O) groups excluding carboxylic acids is 1. The molecule has 0 aliphatic carbocycles. The Hall–Kier alpha value is -2.37. The summed E-state index contributed by atoms with van der Waals surface area (Å²) >= 11 is 0. The highest BCUT2D eigenvalue weighted by Gasteiger charge is 2.36. The predicted molar refractivity (Wildman–Crippen MR) is 73.7 cm³/mol. The molecule has 0 unspecified atom stereocenters. The standard InChI is InChI=1S/C14H15N3O3/c1-7-3-10-12(16-6-15-10)13(8(7)2)17-5-9(14(19)20)4-11(17)18/h3,6,9H,4-5H2,1-2H3,(H,15,16)(H,19,20)/t9-/m1/s1. The first-order valence-corrected chi connectivity index (χ1v) is 6.45. The zero-order chi connectivity index (χ0) is 14.4. The van der Waals surface area contributed by atoms with Gasteiger partial charge in [-0.2, -0.15) is 0 Å². The van der Waals surface area contributed by atoms with Crippen LogP contribution in [0.5, 0.6) is 0 Å². The molecule has 20 heavy (non-hydrogen) atoms. The van der Waals surface area contributed by atoms with Crippen molar-refractivity contribution in [1.82, 2.24) is 9.97 Å². The first-order chi connectivity index (χ1) is 9.49. The molecule has 1 aromatic carbocycles. The van der Waals surface area contributed by atoms with Crippen molar-refractivity contribution in [1.29, 1.82) is 0 Å². The van der Waals surface area contributed by atoms with Crippen molar-refractivity contribution in [3.05, 3.63) is 23.5 Å². The fourth-order valence-electron chi connectivity index (χ4n) is 2.71. The molecule has 0 radical (unpaired) electrons. The van der Waals surface area contributed by atoms with Gasteiger partial charge in [-0.1, -0.05) is 0 Å². The van der Waals surface area contributed by atoms with Crippen molar-refractivity contribution in [3.63, 3.8) is 0 Å². The number of hydrogen-bond donors (Lipinski definition) is 2. The molecule has 2 N–H and O–H groups in total. The molecule has 1 fully saturated rings. The Kier molecular flexibility index (Phi) is 2.74. The third-order valence-electron chi connectivity index (χ3n) is 3.94. The predicted octanol–water partition coefficient (Wildman–Crippen LogP) is 1.62. The Morgan fingerprint density at radius 2 is 2.25 bits per heavy atom. The normalized spacial score (nSPS) is 19.0. The van der Waals surface area contributed by atoms with E-state index >= 15 is 0 Å². The van der Waals surface area contributed by atoms with E-state index in [1.54, 1.807) is 11.2 Å². The van der Waals surface area contributed by atoms with Gasteiger partial charge in [0.1, 0.15) is 5.52 Å². The highest BCUT2D eigenvalue weighted by atomic mass is 16.4. The average molecular weight is 273 g/mol. The summed E-state index contributed by atoms with van der Waals surface area (Å²) in [4.78, 5) is 32.1. The molecule has 0 bridgehead atoms. The maximum Gasteiger partial charge on any atom is 0.308 e. The van der Waals surface area contributed by atoms with Gasteiger partial charge in [-0.3, -0.25) is 9.59 Å². The van der Waals surface area contributed by atoms with E-state index in [0.717, 1.165) is 22.3 Å². The van der Waals surface area contributed by atoms with Gasteiger partial charge in [0.05, 0.1) is 23.4 Å². The van der Waals surface area contributed by atoms with Crippen LogP contribution in [-0.4, -0.2) is 33.5 Å². The van der Waals surface area contributed by atoms with Crippen LogP contribution < -0.4 is 4.90 Å². The number of imidazole rings is 1. The first kappa shape index (κ1) is 12.7. The Balaban J connectivity index is 2.15. The monoisotopic (exact) mass is 273 g/mol. The molecular weight excluding hydrogens is 258 g/mol. The van der Waals surface area contributed by atoms with Gasteiger partial charge >= 0.3 is 5.97 Å². The Labute approximate surface area is 115 Å². The lowest BCUT2D eigenvalue weighted by Gasteiger charge is -2.20. The van der Waals surface area contributed by atoms with Gasteiger partial charge in [-0.25, -0.2) is 4.98 Å². The zero-order valence-electron chi connectivity index (χ0n) is 11.3. The van der Waals surface area contributed by atoms with Crippen LogP contribution in [-0.2, 0) is 9.59 Å². The second kappa shape index (κ2) is 4.33. The minimum atomic E-state index is -0.926. The average Bonchev–Trinajstić information content (AvgIpc) is 2.98. The van der Waals surface area contributed by atoms with E-state index in [4.69, 9.17) is 5.11 Å². The number of nitrogens with one attached hydrogen (secondary N) is 1. The molecule has 3 rings (SSSR count). The van der Waals surface area contributed by atoms with Gasteiger partial charge in [-0.15, -0.1) is 0 Å². The zero-order valence-corrected chi connectivity index (χ0v) is 11.3. The summed E-state index contributed by atoms with van der Waals surface area (Å²) in [5.41, 5.74) is 4.31. The quantitative estimate of drug-likeness (QED) is 0.870. The molecule has 1 atom stereocenters. The number of carboxylic acids is 1. The van der Waals surface area contributed by atoms with Crippen LogP contribution >= 0.6 is 0 Å². The first-order valence-electron chi connectivity index (χ1n) is 6.45.